The number of hydrogen-bond donors (Lipinski definition) is 1. The van der Waals surface area contributed by atoms with Crippen LogP contribution in [0.3, 0.4) is 0 Å². The third-order valence-electron chi connectivity index (χ3n) is 1.33. The van der Waals surface area contributed by atoms with Crippen LogP contribution in [-0.4, -0.2) is 12.8 Å². The van der Waals surface area contributed by atoms with Gasteiger partial charge < -0.3 is 5.32 Å². The minimum atomic E-state index is 0.160. The Balaban J connectivity index is 4.44. The molecule has 0 radical (unpaired) electrons. The number of allylic oxidation sites excluding steroid dienone is 1. The Morgan fingerprint density at radius 3 is 2.23 bits per heavy atom. The van der Waals surface area contributed by atoms with Crippen molar-refractivity contribution in [3.8, 4) is 12.1 Å². The van der Waals surface area contributed by atoms with Gasteiger partial charge in [-0.1, -0.05) is 13.8 Å². The second kappa shape index (κ2) is 6.39. The van der Waals surface area contributed by atoms with Crippen LogP contribution in [0.15, 0.2) is 10.6 Å². The first-order chi connectivity index (χ1) is 6.15. The highest BCUT2D eigenvalue weighted by Crippen LogP contribution is 2.12. The van der Waals surface area contributed by atoms with Gasteiger partial charge in [-0.25, -0.2) is 0 Å². The number of nitrogens with zero attached hydrogens (tertiary/aromatic N) is 2. The Hall–Kier alpha value is -1.13. The van der Waals surface area contributed by atoms with E-state index in [2.05, 4.69) is 19.2 Å². The van der Waals surface area contributed by atoms with E-state index in [1.165, 1.54) is 11.8 Å². The van der Waals surface area contributed by atoms with Crippen LogP contribution < -0.4 is 5.32 Å². The Morgan fingerprint density at radius 2 is 1.92 bits per heavy atom. The third kappa shape index (κ3) is 4.45. The van der Waals surface area contributed by atoms with Crippen molar-refractivity contribution in [3.05, 3.63) is 10.6 Å². The molecule has 0 fully saturated rings. The standard InChI is InChI=1S/C9H13N3S/c1-7(2)6-12-9(13-3)8(4-10)5-11/h7,12H,6H2,1-3H3. The lowest BCUT2D eigenvalue weighted by Gasteiger charge is -2.10. The lowest BCUT2D eigenvalue weighted by molar-refractivity contribution is 0.607. The normalized spacial score (nSPS) is 8.77. The molecule has 0 aromatic carbocycles. The monoisotopic (exact) mass is 195 g/mol. The van der Waals surface area contributed by atoms with Gasteiger partial charge in [0.1, 0.15) is 12.1 Å². The van der Waals surface area contributed by atoms with Crippen molar-refractivity contribution < 1.29 is 0 Å². The lowest BCUT2D eigenvalue weighted by atomic mass is 10.2. The SMILES string of the molecule is CSC(NCC(C)C)=C(C#N)C#N. The summed E-state index contributed by atoms with van der Waals surface area (Å²) in [6, 6.07) is 3.72. The van der Waals surface area contributed by atoms with E-state index in [9.17, 15) is 0 Å². The summed E-state index contributed by atoms with van der Waals surface area (Å²) in [5.74, 6) is 0.501. The topological polar surface area (TPSA) is 59.6 Å². The zero-order valence-corrected chi connectivity index (χ0v) is 8.90. The molecule has 0 atom stereocenters. The summed E-state index contributed by atoms with van der Waals surface area (Å²) in [6.45, 7) is 4.93. The fourth-order valence-electron chi connectivity index (χ4n) is 0.686. The molecule has 0 rings (SSSR count). The number of thioether (sulfide) groups is 1. The predicted molar refractivity (Wildman–Crippen MR) is 54.6 cm³/mol. The van der Waals surface area contributed by atoms with E-state index in [4.69, 9.17) is 10.5 Å². The average Bonchev–Trinajstić information content (AvgIpc) is 2.11. The maximum absolute atomic E-state index is 8.61. The molecule has 0 aliphatic carbocycles. The van der Waals surface area contributed by atoms with Gasteiger partial charge in [0.25, 0.3) is 0 Å². The first-order valence-corrected chi connectivity index (χ1v) is 5.20. The molecule has 0 spiro atoms. The fourth-order valence-corrected chi connectivity index (χ4v) is 1.21. The molecule has 0 amide bonds. The van der Waals surface area contributed by atoms with Gasteiger partial charge in [0, 0.05) is 6.54 Å². The van der Waals surface area contributed by atoms with Crippen molar-refractivity contribution in [2.24, 2.45) is 5.92 Å². The van der Waals surface area contributed by atoms with E-state index in [1.54, 1.807) is 0 Å². The van der Waals surface area contributed by atoms with Crippen LogP contribution in [0.2, 0.25) is 0 Å². The summed E-state index contributed by atoms with van der Waals surface area (Å²) >= 11 is 1.39. The Bertz CT molecular complexity index is 252. The number of hydrogen-bond acceptors (Lipinski definition) is 4. The van der Waals surface area contributed by atoms with Gasteiger partial charge in [-0.15, -0.1) is 11.8 Å². The Kier molecular flexibility index (Phi) is 5.84. The highest BCUT2D eigenvalue weighted by Gasteiger charge is 2.04. The maximum atomic E-state index is 8.61. The van der Waals surface area contributed by atoms with Crippen molar-refractivity contribution in [1.29, 1.82) is 10.5 Å². The van der Waals surface area contributed by atoms with Gasteiger partial charge in [-0.3, -0.25) is 0 Å². The summed E-state index contributed by atoms with van der Waals surface area (Å²) in [5, 5.41) is 21.0. The summed E-state index contributed by atoms with van der Waals surface area (Å²) < 4.78 is 0. The van der Waals surface area contributed by atoms with Crippen molar-refractivity contribution in [1.82, 2.24) is 5.32 Å². The number of nitriles is 2. The highest BCUT2D eigenvalue weighted by molar-refractivity contribution is 8.02. The van der Waals surface area contributed by atoms with Crippen LogP contribution in [0, 0.1) is 28.6 Å². The summed E-state index contributed by atoms with van der Waals surface area (Å²) in [4.78, 5) is 0. The quantitative estimate of drug-likeness (QED) is 0.695. The van der Waals surface area contributed by atoms with Crippen molar-refractivity contribution in [2.45, 2.75) is 13.8 Å². The van der Waals surface area contributed by atoms with E-state index in [0.29, 0.717) is 10.9 Å². The van der Waals surface area contributed by atoms with Gasteiger partial charge in [0.2, 0.25) is 0 Å². The van der Waals surface area contributed by atoms with Crippen LogP contribution in [0.25, 0.3) is 0 Å². The molecule has 0 aliphatic heterocycles. The van der Waals surface area contributed by atoms with Crippen LogP contribution in [0.4, 0.5) is 0 Å². The largest absolute Gasteiger partial charge is 0.378 e. The van der Waals surface area contributed by atoms with Gasteiger partial charge in [0.05, 0.1) is 5.03 Å². The zero-order valence-electron chi connectivity index (χ0n) is 8.09. The highest BCUT2D eigenvalue weighted by atomic mass is 32.2. The molecular weight excluding hydrogens is 182 g/mol. The molecule has 3 nitrogen and oxygen atoms in total. The lowest BCUT2D eigenvalue weighted by Crippen LogP contribution is -2.18. The van der Waals surface area contributed by atoms with E-state index >= 15 is 0 Å². The smallest absolute Gasteiger partial charge is 0.159 e. The molecule has 13 heavy (non-hydrogen) atoms. The second-order valence-corrected chi connectivity index (χ2v) is 3.72. The van der Waals surface area contributed by atoms with Crippen LogP contribution in [-0.2, 0) is 0 Å². The molecule has 0 saturated heterocycles. The average molecular weight is 195 g/mol. The minimum Gasteiger partial charge on any atom is -0.378 e. The van der Waals surface area contributed by atoms with E-state index in [-0.39, 0.29) is 5.57 Å². The number of rotatable bonds is 4. The molecule has 70 valence electrons. The first kappa shape index (κ1) is 11.9. The summed E-state index contributed by atoms with van der Waals surface area (Å²) in [5.41, 5.74) is 0.160. The Labute approximate surface area is 83.4 Å². The maximum Gasteiger partial charge on any atom is 0.159 e. The molecule has 0 heterocycles. The Morgan fingerprint density at radius 1 is 1.38 bits per heavy atom. The van der Waals surface area contributed by atoms with E-state index in [1.807, 2.05) is 18.4 Å². The molecule has 0 aromatic heterocycles. The van der Waals surface area contributed by atoms with E-state index < -0.39 is 0 Å². The summed E-state index contributed by atoms with van der Waals surface area (Å²) in [6.07, 6.45) is 1.84. The van der Waals surface area contributed by atoms with Crippen LogP contribution in [0.5, 0.6) is 0 Å². The van der Waals surface area contributed by atoms with Gasteiger partial charge in [0.15, 0.2) is 5.57 Å². The van der Waals surface area contributed by atoms with Gasteiger partial charge in [-0.2, -0.15) is 10.5 Å². The zero-order chi connectivity index (χ0) is 10.3. The van der Waals surface area contributed by atoms with Gasteiger partial charge in [-0.05, 0) is 12.2 Å². The van der Waals surface area contributed by atoms with Crippen LogP contribution in [0.1, 0.15) is 13.8 Å². The minimum absolute atomic E-state index is 0.160. The first-order valence-electron chi connectivity index (χ1n) is 3.98. The van der Waals surface area contributed by atoms with Crippen molar-refractivity contribution >= 4 is 11.8 Å². The molecule has 4 heteroatoms. The molecule has 0 aliphatic rings. The molecule has 0 saturated carbocycles. The molecule has 0 aromatic rings. The molecule has 0 bridgehead atoms. The van der Waals surface area contributed by atoms with Crippen LogP contribution >= 0.6 is 11.8 Å². The van der Waals surface area contributed by atoms with E-state index in [0.717, 1.165) is 6.54 Å². The van der Waals surface area contributed by atoms with Gasteiger partial charge >= 0.3 is 0 Å². The molecule has 0 unspecified atom stereocenters. The second-order valence-electron chi connectivity index (χ2n) is 2.91. The molecule has 1 N–H and O–H groups in total. The number of nitrogens with one attached hydrogen (secondary N) is 1. The third-order valence-corrected chi connectivity index (χ3v) is 2.08. The summed E-state index contributed by atoms with van der Waals surface area (Å²) in [7, 11) is 0. The predicted octanol–water partition coefficient (Wildman–Crippen LogP) is 1.85. The molecular formula is C9H13N3S. The van der Waals surface area contributed by atoms with Crippen molar-refractivity contribution in [2.75, 3.05) is 12.8 Å². The fraction of sp³-hybridized carbons (Fsp3) is 0.556. The van der Waals surface area contributed by atoms with Crippen molar-refractivity contribution in [3.63, 3.8) is 0 Å².